The summed E-state index contributed by atoms with van der Waals surface area (Å²) in [6, 6.07) is 2.10. The number of nitrogens with one attached hydrogen (secondary N) is 1. The zero-order valence-corrected chi connectivity index (χ0v) is 11.8. The van der Waals surface area contributed by atoms with E-state index in [2.05, 4.69) is 23.7 Å². The average molecular weight is 281 g/mol. The van der Waals surface area contributed by atoms with Gasteiger partial charge in [0.2, 0.25) is 5.91 Å². The molecule has 0 unspecified atom stereocenters. The molecule has 2 N–H and O–H groups in total. The number of carboxylic acids is 1. The number of carbonyl (C=O) groups excluding carboxylic acids is 1. The summed E-state index contributed by atoms with van der Waals surface area (Å²) < 4.78 is 0. The first-order chi connectivity index (χ1) is 9.09. The number of thiophene rings is 1. The third-order valence-electron chi connectivity index (χ3n) is 3.48. The van der Waals surface area contributed by atoms with Crippen LogP contribution >= 0.6 is 11.3 Å². The van der Waals surface area contributed by atoms with Crippen molar-refractivity contribution in [2.24, 2.45) is 5.92 Å². The van der Waals surface area contributed by atoms with Crippen LogP contribution in [0.1, 0.15) is 42.0 Å². The van der Waals surface area contributed by atoms with Crippen molar-refractivity contribution in [3.63, 3.8) is 0 Å². The lowest BCUT2D eigenvalue weighted by Gasteiger charge is -2.04. The van der Waals surface area contributed by atoms with Crippen molar-refractivity contribution in [1.29, 1.82) is 0 Å². The Hall–Kier alpha value is -1.36. The highest BCUT2D eigenvalue weighted by Gasteiger charge is 2.44. The summed E-state index contributed by atoms with van der Waals surface area (Å²) in [7, 11) is 0. The van der Waals surface area contributed by atoms with Gasteiger partial charge in [0, 0.05) is 29.7 Å². The number of rotatable bonds is 7. The van der Waals surface area contributed by atoms with Gasteiger partial charge in [-0.15, -0.1) is 11.3 Å². The maximum Gasteiger partial charge on any atom is 0.303 e. The predicted octanol–water partition coefficient (Wildman–Crippen LogP) is 2.53. The standard InChI is InChI=1S/C14H19NO3S/c1-9-5-7-19-13(9)10-8-11(10)14(18)15-6-3-2-4-12(16)17/h5,7,10-11H,2-4,6,8H2,1H3,(H,15,18)(H,16,17)/t10-,11+/m0/s1. The minimum Gasteiger partial charge on any atom is -0.481 e. The van der Waals surface area contributed by atoms with Crippen molar-refractivity contribution >= 4 is 23.2 Å². The van der Waals surface area contributed by atoms with Gasteiger partial charge in [0.05, 0.1) is 0 Å². The summed E-state index contributed by atoms with van der Waals surface area (Å²) in [4.78, 5) is 23.6. The van der Waals surface area contributed by atoms with Gasteiger partial charge in [0.15, 0.2) is 0 Å². The number of unbranched alkanes of at least 4 members (excludes halogenated alkanes) is 1. The Morgan fingerprint density at radius 3 is 2.89 bits per heavy atom. The Labute approximate surface area is 116 Å². The molecule has 1 saturated carbocycles. The van der Waals surface area contributed by atoms with Gasteiger partial charge in [-0.1, -0.05) is 0 Å². The summed E-state index contributed by atoms with van der Waals surface area (Å²) in [5.41, 5.74) is 1.28. The highest BCUT2D eigenvalue weighted by Crippen LogP contribution is 2.50. The molecule has 0 aromatic carbocycles. The van der Waals surface area contributed by atoms with Crippen molar-refractivity contribution in [2.45, 2.75) is 38.5 Å². The number of amides is 1. The molecule has 0 radical (unpaired) electrons. The Balaban J connectivity index is 1.66. The zero-order chi connectivity index (χ0) is 13.8. The van der Waals surface area contributed by atoms with Gasteiger partial charge in [-0.3, -0.25) is 9.59 Å². The third kappa shape index (κ3) is 3.80. The number of hydrogen-bond donors (Lipinski definition) is 2. The van der Waals surface area contributed by atoms with Gasteiger partial charge < -0.3 is 10.4 Å². The molecule has 1 aliphatic rings. The molecular formula is C14H19NO3S. The zero-order valence-electron chi connectivity index (χ0n) is 11.0. The van der Waals surface area contributed by atoms with Crippen LogP contribution in [0.5, 0.6) is 0 Å². The second-order valence-corrected chi connectivity index (χ2v) is 6.01. The van der Waals surface area contributed by atoms with Crippen LogP contribution < -0.4 is 5.32 Å². The van der Waals surface area contributed by atoms with Crippen molar-refractivity contribution in [2.75, 3.05) is 6.54 Å². The first-order valence-electron chi connectivity index (χ1n) is 6.63. The smallest absolute Gasteiger partial charge is 0.303 e. The van der Waals surface area contributed by atoms with Gasteiger partial charge in [-0.2, -0.15) is 0 Å². The summed E-state index contributed by atoms with van der Waals surface area (Å²) in [6.07, 6.45) is 2.47. The number of aliphatic carboxylic acids is 1. The Bertz CT molecular complexity index is 469. The van der Waals surface area contributed by atoms with Crippen LogP contribution in [0.2, 0.25) is 0 Å². The van der Waals surface area contributed by atoms with Crippen molar-refractivity contribution in [3.8, 4) is 0 Å². The van der Waals surface area contributed by atoms with Gasteiger partial charge in [-0.05, 0) is 43.2 Å². The van der Waals surface area contributed by atoms with E-state index >= 15 is 0 Å². The molecule has 2 rings (SSSR count). The van der Waals surface area contributed by atoms with Crippen molar-refractivity contribution in [1.82, 2.24) is 5.32 Å². The molecule has 1 aromatic rings. The molecule has 1 heterocycles. The van der Waals surface area contributed by atoms with Crippen LogP contribution in [0.4, 0.5) is 0 Å². The summed E-state index contributed by atoms with van der Waals surface area (Å²) >= 11 is 1.73. The lowest BCUT2D eigenvalue weighted by molar-refractivity contribution is -0.137. The molecule has 0 saturated heterocycles. The predicted molar refractivity (Wildman–Crippen MR) is 74.4 cm³/mol. The minimum absolute atomic E-state index is 0.119. The molecule has 4 nitrogen and oxygen atoms in total. The monoisotopic (exact) mass is 281 g/mol. The highest BCUT2D eigenvalue weighted by atomic mass is 32.1. The second kappa shape index (κ2) is 6.19. The molecule has 1 amide bonds. The fourth-order valence-corrected chi connectivity index (χ4v) is 3.39. The molecule has 104 valence electrons. The number of carbonyl (C=O) groups is 2. The lowest BCUT2D eigenvalue weighted by Crippen LogP contribution is -2.26. The molecule has 1 aliphatic carbocycles. The number of aryl methyl sites for hydroxylation is 1. The maximum absolute atomic E-state index is 11.9. The molecule has 1 aromatic heterocycles. The van der Waals surface area contributed by atoms with Crippen LogP contribution in [-0.4, -0.2) is 23.5 Å². The maximum atomic E-state index is 11.9. The lowest BCUT2D eigenvalue weighted by atomic mass is 10.2. The number of hydrogen-bond acceptors (Lipinski definition) is 3. The van der Waals surface area contributed by atoms with E-state index in [9.17, 15) is 9.59 Å². The van der Waals surface area contributed by atoms with Gasteiger partial charge in [0.25, 0.3) is 0 Å². The quantitative estimate of drug-likeness (QED) is 0.755. The van der Waals surface area contributed by atoms with E-state index in [4.69, 9.17) is 5.11 Å². The van der Waals surface area contributed by atoms with E-state index < -0.39 is 5.97 Å². The third-order valence-corrected chi connectivity index (χ3v) is 4.63. The van der Waals surface area contributed by atoms with E-state index in [1.54, 1.807) is 11.3 Å². The molecule has 2 atom stereocenters. The van der Waals surface area contributed by atoms with Gasteiger partial charge >= 0.3 is 5.97 Å². The van der Waals surface area contributed by atoms with Crippen LogP contribution in [-0.2, 0) is 9.59 Å². The topological polar surface area (TPSA) is 66.4 Å². The summed E-state index contributed by atoms with van der Waals surface area (Å²) in [5.74, 6) is -0.134. The van der Waals surface area contributed by atoms with Gasteiger partial charge in [0.1, 0.15) is 0 Å². The summed E-state index contributed by atoms with van der Waals surface area (Å²) in [6.45, 7) is 2.67. The Kier molecular flexibility index (Phi) is 4.58. The summed E-state index contributed by atoms with van der Waals surface area (Å²) in [5, 5.41) is 13.5. The van der Waals surface area contributed by atoms with Crippen molar-refractivity contribution < 1.29 is 14.7 Å². The largest absolute Gasteiger partial charge is 0.481 e. The first-order valence-corrected chi connectivity index (χ1v) is 7.51. The average Bonchev–Trinajstić information content (AvgIpc) is 3.04. The second-order valence-electron chi connectivity index (χ2n) is 5.06. The van der Waals surface area contributed by atoms with Crippen LogP contribution in [0, 0.1) is 12.8 Å². The molecule has 0 spiro atoms. The number of carboxylic acid groups (broad SMARTS) is 1. The van der Waals surface area contributed by atoms with E-state index in [1.165, 1.54) is 10.4 Å². The first kappa shape index (κ1) is 14.1. The Morgan fingerprint density at radius 1 is 1.47 bits per heavy atom. The molecule has 0 aliphatic heterocycles. The fourth-order valence-electron chi connectivity index (χ4n) is 2.28. The van der Waals surface area contributed by atoms with E-state index in [1.807, 2.05) is 0 Å². The normalized spacial score (nSPS) is 21.1. The molecular weight excluding hydrogens is 262 g/mol. The highest BCUT2D eigenvalue weighted by molar-refractivity contribution is 7.10. The van der Waals surface area contributed by atoms with Crippen LogP contribution in [0.15, 0.2) is 11.4 Å². The SMILES string of the molecule is Cc1ccsc1[C@H]1C[C@H]1C(=O)NCCCCC(=O)O. The molecule has 19 heavy (non-hydrogen) atoms. The van der Waals surface area contributed by atoms with E-state index in [0.717, 1.165) is 12.8 Å². The Morgan fingerprint density at radius 2 is 2.26 bits per heavy atom. The van der Waals surface area contributed by atoms with Crippen LogP contribution in [0.25, 0.3) is 0 Å². The fraction of sp³-hybridized carbons (Fsp3) is 0.571. The van der Waals surface area contributed by atoms with E-state index in [-0.39, 0.29) is 18.2 Å². The van der Waals surface area contributed by atoms with E-state index in [0.29, 0.717) is 18.9 Å². The molecule has 0 bridgehead atoms. The van der Waals surface area contributed by atoms with Crippen molar-refractivity contribution in [3.05, 3.63) is 21.9 Å². The molecule has 5 heteroatoms. The molecule has 1 fully saturated rings. The van der Waals surface area contributed by atoms with Gasteiger partial charge in [-0.25, -0.2) is 0 Å². The minimum atomic E-state index is -0.776. The van der Waals surface area contributed by atoms with Crippen LogP contribution in [0.3, 0.4) is 0 Å².